The predicted molar refractivity (Wildman–Crippen MR) is 50.0 cm³/mol. The van der Waals surface area contributed by atoms with Crippen molar-refractivity contribution in [2.75, 3.05) is 0 Å². The third-order valence-electron chi connectivity index (χ3n) is 1.36. The number of hydrogen-bond donors (Lipinski definition) is 1. The molecule has 1 N–H and O–H groups in total. The summed E-state index contributed by atoms with van der Waals surface area (Å²) in [7, 11) is 0. The summed E-state index contributed by atoms with van der Waals surface area (Å²) in [6, 6.07) is 5.85. The van der Waals surface area contributed by atoms with E-state index in [2.05, 4.69) is 4.74 Å². The third-order valence-corrected chi connectivity index (χ3v) is 1.36. The molecule has 0 unspecified atom stereocenters. The minimum atomic E-state index is -0.842. The van der Waals surface area contributed by atoms with E-state index in [0.29, 0.717) is 0 Å². The molecule has 2 radical (unpaired) electrons. The largest absolute Gasteiger partial charge is 0.507 e. The number of benzene rings is 1. The van der Waals surface area contributed by atoms with Crippen molar-refractivity contribution in [3.8, 4) is 5.75 Å². The van der Waals surface area contributed by atoms with Gasteiger partial charge in [-0.1, -0.05) is 12.1 Å². The SMILES string of the molecule is CC(=O)OC(=O)c1ccccc1O.[Sr]. The van der Waals surface area contributed by atoms with Gasteiger partial charge < -0.3 is 9.84 Å². The van der Waals surface area contributed by atoms with Crippen molar-refractivity contribution in [3.63, 3.8) is 0 Å². The van der Waals surface area contributed by atoms with E-state index in [0.717, 1.165) is 6.92 Å². The fraction of sp³-hybridized carbons (Fsp3) is 0.111. The minimum Gasteiger partial charge on any atom is -0.507 e. The Bertz CT molecular complexity index is 348. The van der Waals surface area contributed by atoms with E-state index >= 15 is 0 Å². The first kappa shape index (κ1) is 13.6. The Labute approximate surface area is 118 Å². The molecule has 14 heavy (non-hydrogen) atoms. The first-order valence-electron chi connectivity index (χ1n) is 3.62. The molecular weight excluding hydrogens is 260 g/mol. The van der Waals surface area contributed by atoms with Gasteiger partial charge in [0.1, 0.15) is 11.3 Å². The van der Waals surface area contributed by atoms with E-state index in [1.807, 2.05) is 0 Å². The average Bonchev–Trinajstić information content (AvgIpc) is 2.03. The average molecular weight is 268 g/mol. The Balaban J connectivity index is 0.00000169. The Morgan fingerprint density at radius 1 is 1.29 bits per heavy atom. The fourth-order valence-corrected chi connectivity index (χ4v) is 0.832. The van der Waals surface area contributed by atoms with E-state index in [1.54, 1.807) is 12.1 Å². The van der Waals surface area contributed by atoms with Gasteiger partial charge in [0.25, 0.3) is 0 Å². The van der Waals surface area contributed by atoms with Crippen LogP contribution < -0.4 is 0 Å². The molecule has 1 aromatic carbocycles. The number of para-hydroxylation sites is 1. The summed E-state index contributed by atoms with van der Waals surface area (Å²) in [6.45, 7) is 1.12. The monoisotopic (exact) mass is 268 g/mol. The molecule has 0 saturated carbocycles. The normalized spacial score (nSPS) is 8.64. The summed E-state index contributed by atoms with van der Waals surface area (Å²) in [6.07, 6.45) is 0. The van der Waals surface area contributed by atoms with Crippen LogP contribution in [-0.4, -0.2) is 62.5 Å². The van der Waals surface area contributed by atoms with Crippen LogP contribution in [-0.2, 0) is 9.53 Å². The van der Waals surface area contributed by atoms with Gasteiger partial charge in [0.2, 0.25) is 0 Å². The van der Waals surface area contributed by atoms with Crippen LogP contribution in [0.25, 0.3) is 0 Å². The quantitative estimate of drug-likeness (QED) is 0.463. The zero-order valence-corrected chi connectivity index (χ0v) is 11.2. The Morgan fingerprint density at radius 3 is 2.36 bits per heavy atom. The first-order chi connectivity index (χ1) is 6.11. The summed E-state index contributed by atoms with van der Waals surface area (Å²) < 4.78 is 4.28. The van der Waals surface area contributed by atoms with Crippen LogP contribution in [0, 0.1) is 0 Å². The van der Waals surface area contributed by atoms with Crippen molar-refractivity contribution in [1.82, 2.24) is 0 Å². The molecule has 0 amide bonds. The summed E-state index contributed by atoms with van der Waals surface area (Å²) in [4.78, 5) is 21.5. The van der Waals surface area contributed by atoms with Gasteiger partial charge in [-0.05, 0) is 12.1 Å². The molecule has 0 atom stereocenters. The van der Waals surface area contributed by atoms with Gasteiger partial charge in [-0.25, -0.2) is 4.79 Å². The van der Waals surface area contributed by atoms with E-state index < -0.39 is 11.9 Å². The number of aromatic hydroxyl groups is 1. The van der Waals surface area contributed by atoms with Crippen LogP contribution in [0.3, 0.4) is 0 Å². The van der Waals surface area contributed by atoms with Crippen LogP contribution >= 0.6 is 0 Å². The minimum absolute atomic E-state index is 0. The maximum Gasteiger partial charge on any atom is 0.349 e. The second-order valence-electron chi connectivity index (χ2n) is 2.40. The van der Waals surface area contributed by atoms with E-state index in [9.17, 15) is 14.7 Å². The molecule has 1 aromatic rings. The van der Waals surface area contributed by atoms with Gasteiger partial charge in [0, 0.05) is 52.4 Å². The summed E-state index contributed by atoms with van der Waals surface area (Å²) in [5, 5.41) is 9.18. The molecule has 70 valence electrons. The van der Waals surface area contributed by atoms with Crippen LogP contribution in [0.15, 0.2) is 24.3 Å². The summed E-state index contributed by atoms with van der Waals surface area (Å²) in [5.41, 5.74) is -0.0160. The number of phenolic OH excluding ortho intramolecular Hbond substituents is 1. The van der Waals surface area contributed by atoms with E-state index in [1.165, 1.54) is 12.1 Å². The van der Waals surface area contributed by atoms with Crippen molar-refractivity contribution in [1.29, 1.82) is 0 Å². The second-order valence-corrected chi connectivity index (χ2v) is 2.40. The predicted octanol–water partition coefficient (Wildman–Crippen LogP) is 0.715. The van der Waals surface area contributed by atoms with Gasteiger partial charge >= 0.3 is 11.9 Å². The number of carbonyl (C=O) groups is 2. The second kappa shape index (κ2) is 6.19. The zero-order chi connectivity index (χ0) is 9.84. The molecule has 0 heterocycles. The Morgan fingerprint density at radius 2 is 1.86 bits per heavy atom. The van der Waals surface area contributed by atoms with Crippen molar-refractivity contribution < 1.29 is 19.4 Å². The molecule has 0 saturated heterocycles. The maximum absolute atomic E-state index is 11.1. The molecule has 0 bridgehead atoms. The first-order valence-corrected chi connectivity index (χ1v) is 3.62. The van der Waals surface area contributed by atoms with Crippen LogP contribution in [0.2, 0.25) is 0 Å². The van der Waals surface area contributed by atoms with Crippen molar-refractivity contribution in [2.24, 2.45) is 0 Å². The van der Waals surface area contributed by atoms with E-state index in [4.69, 9.17) is 0 Å². The standard InChI is InChI=1S/C9H8O4.Sr/c1-6(10)13-9(12)7-4-2-3-5-8(7)11;/h2-5,11H,1H3;. The Kier molecular flexibility index (Phi) is 6.03. The molecule has 0 aromatic heterocycles. The molecule has 0 aliphatic heterocycles. The zero-order valence-electron chi connectivity index (χ0n) is 7.69. The fourth-order valence-electron chi connectivity index (χ4n) is 0.832. The third kappa shape index (κ3) is 3.79. The van der Waals surface area contributed by atoms with Gasteiger partial charge in [-0.15, -0.1) is 0 Å². The Hall–Kier alpha value is -0.359. The number of hydrogen-bond acceptors (Lipinski definition) is 4. The van der Waals surface area contributed by atoms with Gasteiger partial charge in [0.15, 0.2) is 0 Å². The number of phenols is 1. The molecule has 0 fully saturated rings. The van der Waals surface area contributed by atoms with Gasteiger partial charge in [0.05, 0.1) is 0 Å². The molecule has 5 heteroatoms. The number of carbonyl (C=O) groups excluding carboxylic acids is 2. The number of esters is 2. The molecular formula is C9H8O4Sr. The summed E-state index contributed by atoms with van der Waals surface area (Å²) >= 11 is 0. The number of ether oxygens (including phenoxy) is 1. The topological polar surface area (TPSA) is 63.6 Å². The van der Waals surface area contributed by atoms with Crippen molar-refractivity contribution >= 4 is 57.4 Å². The van der Waals surface area contributed by atoms with E-state index in [-0.39, 0.29) is 56.8 Å². The smallest absolute Gasteiger partial charge is 0.349 e. The van der Waals surface area contributed by atoms with Crippen LogP contribution in [0.1, 0.15) is 17.3 Å². The maximum atomic E-state index is 11.1. The molecule has 0 aliphatic rings. The number of rotatable bonds is 1. The van der Waals surface area contributed by atoms with Crippen molar-refractivity contribution in [2.45, 2.75) is 6.92 Å². The van der Waals surface area contributed by atoms with Crippen LogP contribution in [0.5, 0.6) is 5.75 Å². The molecule has 0 aliphatic carbocycles. The molecule has 1 rings (SSSR count). The molecule has 4 nitrogen and oxygen atoms in total. The van der Waals surface area contributed by atoms with Gasteiger partial charge in [-0.2, -0.15) is 0 Å². The van der Waals surface area contributed by atoms with Crippen LogP contribution in [0.4, 0.5) is 0 Å². The summed E-state index contributed by atoms with van der Waals surface area (Å²) in [5.74, 6) is -1.74. The van der Waals surface area contributed by atoms with Gasteiger partial charge in [-0.3, -0.25) is 4.79 Å². The van der Waals surface area contributed by atoms with Crippen molar-refractivity contribution in [3.05, 3.63) is 29.8 Å². The molecule has 0 spiro atoms.